The molecule has 4 nitrogen and oxygen atoms in total. The lowest BCUT2D eigenvalue weighted by Gasteiger charge is -2.16. The van der Waals surface area contributed by atoms with Gasteiger partial charge in [0.15, 0.2) is 0 Å². The topological polar surface area (TPSA) is 63.8 Å². The van der Waals surface area contributed by atoms with Crippen molar-refractivity contribution in [1.82, 2.24) is 9.97 Å². The molecular weight excluding hydrogens is 232 g/mol. The zero-order chi connectivity index (χ0) is 11.7. The summed E-state index contributed by atoms with van der Waals surface area (Å²) < 4.78 is 1.14. The fraction of sp³-hybridized carbons (Fsp3) is 0.500. The molecule has 90 valence electrons. The zero-order valence-corrected chi connectivity index (χ0v) is 10.4. The van der Waals surface area contributed by atoms with Gasteiger partial charge in [-0.05, 0) is 30.2 Å². The first-order chi connectivity index (χ1) is 8.34. The molecule has 0 amide bonds. The molecule has 2 aromatic rings. The number of nitrogens with one attached hydrogen (secondary N) is 1. The van der Waals surface area contributed by atoms with Gasteiger partial charge in [-0.15, -0.1) is 11.3 Å². The van der Waals surface area contributed by atoms with Crippen molar-refractivity contribution in [2.45, 2.75) is 25.3 Å². The van der Waals surface area contributed by atoms with E-state index in [4.69, 9.17) is 5.73 Å². The zero-order valence-electron chi connectivity index (χ0n) is 9.60. The minimum atomic E-state index is 0.350. The molecule has 1 aliphatic carbocycles. The Hall–Kier alpha value is -1.20. The fourth-order valence-corrected chi connectivity index (χ4v) is 3.27. The first kappa shape index (κ1) is 10.9. The highest BCUT2D eigenvalue weighted by molar-refractivity contribution is 7.17. The van der Waals surface area contributed by atoms with Gasteiger partial charge >= 0.3 is 0 Å². The van der Waals surface area contributed by atoms with Crippen molar-refractivity contribution in [3.05, 3.63) is 17.8 Å². The highest BCUT2D eigenvalue weighted by atomic mass is 32.1. The van der Waals surface area contributed by atoms with Gasteiger partial charge < -0.3 is 11.1 Å². The van der Waals surface area contributed by atoms with Crippen LogP contribution in [-0.2, 0) is 0 Å². The SMILES string of the molecule is NC1CCCC1CNc1ncnc2ccsc12. The maximum absolute atomic E-state index is 6.07. The second kappa shape index (κ2) is 4.58. The van der Waals surface area contributed by atoms with E-state index in [1.165, 1.54) is 12.8 Å². The summed E-state index contributed by atoms with van der Waals surface area (Å²) in [6.07, 6.45) is 5.26. The smallest absolute Gasteiger partial charge is 0.147 e. The van der Waals surface area contributed by atoms with Gasteiger partial charge in [0.05, 0.1) is 10.2 Å². The summed E-state index contributed by atoms with van der Waals surface area (Å²) in [6, 6.07) is 2.37. The maximum Gasteiger partial charge on any atom is 0.147 e. The highest BCUT2D eigenvalue weighted by Crippen LogP contribution is 2.27. The minimum absolute atomic E-state index is 0.350. The molecule has 1 saturated carbocycles. The Labute approximate surface area is 104 Å². The highest BCUT2D eigenvalue weighted by Gasteiger charge is 2.23. The van der Waals surface area contributed by atoms with E-state index in [1.807, 2.05) is 11.4 Å². The third kappa shape index (κ3) is 2.12. The normalized spacial score (nSPS) is 24.3. The van der Waals surface area contributed by atoms with Gasteiger partial charge in [-0.2, -0.15) is 0 Å². The molecule has 0 aromatic carbocycles. The van der Waals surface area contributed by atoms with Gasteiger partial charge in [0.2, 0.25) is 0 Å². The predicted molar refractivity (Wildman–Crippen MR) is 71.2 cm³/mol. The van der Waals surface area contributed by atoms with Gasteiger partial charge in [0.25, 0.3) is 0 Å². The van der Waals surface area contributed by atoms with Gasteiger partial charge in [-0.25, -0.2) is 9.97 Å². The molecule has 17 heavy (non-hydrogen) atoms. The summed E-state index contributed by atoms with van der Waals surface area (Å²) in [7, 11) is 0. The average molecular weight is 248 g/mol. The molecule has 2 heterocycles. The van der Waals surface area contributed by atoms with Crippen molar-refractivity contribution in [1.29, 1.82) is 0 Å². The van der Waals surface area contributed by atoms with Crippen molar-refractivity contribution < 1.29 is 0 Å². The molecule has 2 unspecified atom stereocenters. The van der Waals surface area contributed by atoms with Crippen molar-refractivity contribution in [3.8, 4) is 0 Å². The van der Waals surface area contributed by atoms with Crippen LogP contribution in [0.1, 0.15) is 19.3 Å². The molecule has 2 atom stereocenters. The fourth-order valence-electron chi connectivity index (χ4n) is 2.46. The summed E-state index contributed by atoms with van der Waals surface area (Å²) in [5, 5.41) is 5.47. The van der Waals surface area contributed by atoms with Crippen LogP contribution in [0, 0.1) is 5.92 Å². The Morgan fingerprint density at radius 1 is 1.41 bits per heavy atom. The largest absolute Gasteiger partial charge is 0.368 e. The molecule has 0 radical (unpaired) electrons. The number of aromatic nitrogens is 2. The van der Waals surface area contributed by atoms with E-state index >= 15 is 0 Å². The van der Waals surface area contributed by atoms with E-state index in [-0.39, 0.29) is 0 Å². The molecule has 0 bridgehead atoms. The third-order valence-corrected chi connectivity index (χ3v) is 4.40. The number of nitrogens with two attached hydrogens (primary N) is 1. The molecular formula is C12H16N4S. The number of fused-ring (bicyclic) bond motifs is 1. The molecule has 5 heteroatoms. The molecule has 1 aliphatic rings. The first-order valence-electron chi connectivity index (χ1n) is 6.02. The Balaban J connectivity index is 1.74. The Kier molecular flexibility index (Phi) is 2.94. The van der Waals surface area contributed by atoms with Crippen LogP contribution in [0.3, 0.4) is 0 Å². The number of hydrogen-bond donors (Lipinski definition) is 2. The molecule has 3 N–H and O–H groups in total. The first-order valence-corrected chi connectivity index (χ1v) is 6.90. The van der Waals surface area contributed by atoms with E-state index in [2.05, 4.69) is 15.3 Å². The summed E-state index contributed by atoms with van der Waals surface area (Å²) in [4.78, 5) is 8.54. The number of rotatable bonds is 3. The van der Waals surface area contributed by atoms with E-state index in [0.29, 0.717) is 12.0 Å². The van der Waals surface area contributed by atoms with E-state index in [9.17, 15) is 0 Å². The third-order valence-electron chi connectivity index (χ3n) is 3.49. The van der Waals surface area contributed by atoms with Crippen LogP contribution in [0.25, 0.3) is 10.2 Å². The van der Waals surface area contributed by atoms with Crippen LogP contribution in [0.5, 0.6) is 0 Å². The molecule has 0 spiro atoms. The van der Waals surface area contributed by atoms with Gasteiger partial charge in [0.1, 0.15) is 12.1 Å². The van der Waals surface area contributed by atoms with E-state index in [0.717, 1.165) is 29.0 Å². The summed E-state index contributed by atoms with van der Waals surface area (Å²) >= 11 is 1.68. The molecule has 0 saturated heterocycles. The lowest BCUT2D eigenvalue weighted by Crippen LogP contribution is -2.29. The van der Waals surface area contributed by atoms with Crippen molar-refractivity contribution in [2.75, 3.05) is 11.9 Å². The standard InChI is InChI=1S/C12H16N4S/c13-9-3-1-2-8(9)6-14-12-11-10(4-5-17-11)15-7-16-12/h4-5,7-9H,1-3,6,13H2,(H,14,15,16). The van der Waals surface area contributed by atoms with Crippen molar-refractivity contribution in [2.24, 2.45) is 11.7 Å². The Morgan fingerprint density at radius 2 is 2.35 bits per heavy atom. The quantitative estimate of drug-likeness (QED) is 0.874. The Bertz CT molecular complexity index is 510. The van der Waals surface area contributed by atoms with Crippen LogP contribution in [0.4, 0.5) is 5.82 Å². The van der Waals surface area contributed by atoms with Gasteiger partial charge in [-0.3, -0.25) is 0 Å². The van der Waals surface area contributed by atoms with Crippen LogP contribution in [0.15, 0.2) is 17.8 Å². The predicted octanol–water partition coefficient (Wildman–Crippen LogP) is 2.23. The Morgan fingerprint density at radius 3 is 3.18 bits per heavy atom. The van der Waals surface area contributed by atoms with Crippen molar-refractivity contribution >= 4 is 27.4 Å². The average Bonchev–Trinajstić information content (AvgIpc) is 2.95. The lowest BCUT2D eigenvalue weighted by atomic mass is 10.1. The van der Waals surface area contributed by atoms with E-state index in [1.54, 1.807) is 17.7 Å². The number of nitrogens with zero attached hydrogens (tertiary/aromatic N) is 2. The number of anilines is 1. The van der Waals surface area contributed by atoms with E-state index < -0.39 is 0 Å². The van der Waals surface area contributed by atoms with Crippen LogP contribution < -0.4 is 11.1 Å². The van der Waals surface area contributed by atoms with Crippen LogP contribution in [0.2, 0.25) is 0 Å². The second-order valence-electron chi connectivity index (χ2n) is 4.59. The van der Waals surface area contributed by atoms with Crippen LogP contribution in [-0.4, -0.2) is 22.6 Å². The number of thiophene rings is 1. The summed E-state index contributed by atoms with van der Waals surface area (Å²) in [5.74, 6) is 1.53. The van der Waals surface area contributed by atoms with Crippen LogP contribution >= 0.6 is 11.3 Å². The molecule has 3 rings (SSSR count). The molecule has 0 aliphatic heterocycles. The number of hydrogen-bond acceptors (Lipinski definition) is 5. The maximum atomic E-state index is 6.07. The monoisotopic (exact) mass is 248 g/mol. The molecule has 1 fully saturated rings. The lowest BCUT2D eigenvalue weighted by molar-refractivity contribution is 0.505. The second-order valence-corrected chi connectivity index (χ2v) is 5.51. The summed E-state index contributed by atoms with van der Waals surface area (Å²) in [5.41, 5.74) is 7.08. The van der Waals surface area contributed by atoms with Gasteiger partial charge in [0, 0.05) is 12.6 Å². The minimum Gasteiger partial charge on any atom is -0.368 e. The molecule has 2 aromatic heterocycles. The van der Waals surface area contributed by atoms with Crippen molar-refractivity contribution in [3.63, 3.8) is 0 Å². The van der Waals surface area contributed by atoms with Gasteiger partial charge in [-0.1, -0.05) is 6.42 Å². The summed E-state index contributed by atoms with van der Waals surface area (Å²) in [6.45, 7) is 0.922.